The molecular formula is C26H24ClN5O4S. The largest absolute Gasteiger partial charge is 0.493 e. The minimum atomic E-state index is -0.301. The topological polar surface area (TPSA) is 99.9 Å². The van der Waals surface area contributed by atoms with Crippen LogP contribution in [0.5, 0.6) is 17.2 Å². The number of hydrazone groups is 1. The summed E-state index contributed by atoms with van der Waals surface area (Å²) in [5, 5.41) is 13.9. The van der Waals surface area contributed by atoms with Gasteiger partial charge in [-0.15, -0.1) is 10.2 Å². The van der Waals surface area contributed by atoms with E-state index in [0.29, 0.717) is 44.4 Å². The zero-order valence-corrected chi connectivity index (χ0v) is 21.9. The van der Waals surface area contributed by atoms with Gasteiger partial charge in [0, 0.05) is 21.8 Å². The van der Waals surface area contributed by atoms with Crippen LogP contribution in [0.4, 0.5) is 0 Å². The first kappa shape index (κ1) is 26.1. The van der Waals surface area contributed by atoms with Gasteiger partial charge in [-0.2, -0.15) is 5.10 Å². The Morgan fingerprint density at radius 1 is 1.00 bits per heavy atom. The van der Waals surface area contributed by atoms with E-state index >= 15 is 0 Å². The maximum Gasteiger partial charge on any atom is 0.250 e. The van der Waals surface area contributed by atoms with Crippen LogP contribution in [-0.2, 0) is 4.79 Å². The highest BCUT2D eigenvalue weighted by molar-refractivity contribution is 7.99. The Morgan fingerprint density at radius 2 is 1.68 bits per heavy atom. The summed E-state index contributed by atoms with van der Waals surface area (Å²) in [7, 11) is 4.65. The van der Waals surface area contributed by atoms with E-state index in [1.807, 2.05) is 47.0 Å². The molecule has 0 fully saturated rings. The molecule has 0 unspecified atom stereocenters. The minimum absolute atomic E-state index is 0.0695. The first-order chi connectivity index (χ1) is 18.0. The van der Waals surface area contributed by atoms with Crippen LogP contribution in [0, 0.1) is 0 Å². The Bertz CT molecular complexity index is 1390. The highest BCUT2D eigenvalue weighted by Crippen LogP contribution is 2.41. The summed E-state index contributed by atoms with van der Waals surface area (Å²) in [6.45, 7) is 0. The molecule has 4 rings (SSSR count). The fourth-order valence-corrected chi connectivity index (χ4v) is 4.42. The van der Waals surface area contributed by atoms with Crippen molar-refractivity contribution >= 4 is 35.5 Å². The number of ether oxygens (including phenoxy) is 3. The van der Waals surface area contributed by atoms with Crippen molar-refractivity contribution in [3.05, 3.63) is 77.3 Å². The van der Waals surface area contributed by atoms with Gasteiger partial charge in [0.15, 0.2) is 22.5 Å². The molecule has 37 heavy (non-hydrogen) atoms. The number of para-hydroxylation sites is 1. The van der Waals surface area contributed by atoms with Gasteiger partial charge >= 0.3 is 0 Å². The molecule has 9 nitrogen and oxygen atoms in total. The number of carbonyl (C=O) groups is 1. The second-order valence-corrected chi connectivity index (χ2v) is 8.84. The molecule has 0 aliphatic carbocycles. The third-order valence-corrected chi connectivity index (χ3v) is 6.47. The van der Waals surface area contributed by atoms with Crippen LogP contribution in [-0.4, -0.2) is 54.0 Å². The molecule has 1 amide bonds. The third kappa shape index (κ3) is 6.04. The molecule has 0 radical (unpaired) electrons. The van der Waals surface area contributed by atoms with Gasteiger partial charge in [-0.3, -0.25) is 9.36 Å². The van der Waals surface area contributed by atoms with E-state index in [1.54, 1.807) is 45.6 Å². The number of methoxy groups -OCH3 is 3. The SMILES string of the molecule is COc1cc(-c2nnc(SCC(=O)N/N=C/c3ccccc3Cl)n2-c2ccccc2)cc(OC)c1OC. The van der Waals surface area contributed by atoms with Crippen molar-refractivity contribution in [3.63, 3.8) is 0 Å². The molecular weight excluding hydrogens is 514 g/mol. The molecule has 0 aliphatic rings. The number of hydrogen-bond acceptors (Lipinski definition) is 8. The first-order valence-corrected chi connectivity index (χ1v) is 12.4. The van der Waals surface area contributed by atoms with Gasteiger partial charge in [0.05, 0.1) is 33.3 Å². The van der Waals surface area contributed by atoms with Crippen LogP contribution in [0.15, 0.2) is 77.0 Å². The fraction of sp³-hybridized carbons (Fsp3) is 0.154. The average molecular weight is 538 g/mol. The summed E-state index contributed by atoms with van der Waals surface area (Å²) in [4.78, 5) is 12.5. The summed E-state index contributed by atoms with van der Waals surface area (Å²) in [6.07, 6.45) is 1.50. The second-order valence-electron chi connectivity index (χ2n) is 7.49. The van der Waals surface area contributed by atoms with Gasteiger partial charge in [0.1, 0.15) is 0 Å². The summed E-state index contributed by atoms with van der Waals surface area (Å²) in [5.74, 6) is 1.77. The Balaban J connectivity index is 1.60. The molecule has 0 aliphatic heterocycles. The molecule has 0 bridgehead atoms. The molecule has 1 aromatic heterocycles. The average Bonchev–Trinajstić information content (AvgIpc) is 3.36. The number of thioether (sulfide) groups is 1. The number of halogens is 1. The number of amides is 1. The molecule has 1 N–H and O–H groups in total. The highest BCUT2D eigenvalue weighted by Gasteiger charge is 2.21. The van der Waals surface area contributed by atoms with E-state index < -0.39 is 0 Å². The van der Waals surface area contributed by atoms with Crippen molar-refractivity contribution in [2.75, 3.05) is 27.1 Å². The van der Waals surface area contributed by atoms with Gasteiger partial charge < -0.3 is 14.2 Å². The molecule has 0 spiro atoms. The number of carbonyl (C=O) groups excluding carboxylic acids is 1. The van der Waals surface area contributed by atoms with Crippen molar-refractivity contribution in [3.8, 4) is 34.3 Å². The molecule has 4 aromatic rings. The normalized spacial score (nSPS) is 10.9. The Hall–Kier alpha value is -4.02. The number of aromatic nitrogens is 3. The van der Waals surface area contributed by atoms with E-state index in [-0.39, 0.29) is 11.7 Å². The predicted molar refractivity (Wildman–Crippen MR) is 144 cm³/mol. The van der Waals surface area contributed by atoms with Gasteiger partial charge in [-0.05, 0) is 30.3 Å². The minimum Gasteiger partial charge on any atom is -0.493 e. The number of hydrogen-bond donors (Lipinski definition) is 1. The first-order valence-electron chi connectivity index (χ1n) is 11.1. The molecule has 11 heteroatoms. The van der Waals surface area contributed by atoms with E-state index in [2.05, 4.69) is 20.7 Å². The number of nitrogens with zero attached hydrogens (tertiary/aromatic N) is 4. The summed E-state index contributed by atoms with van der Waals surface area (Å²) >= 11 is 7.35. The maximum absolute atomic E-state index is 12.5. The van der Waals surface area contributed by atoms with Crippen molar-refractivity contribution in [2.45, 2.75) is 5.16 Å². The van der Waals surface area contributed by atoms with Crippen LogP contribution >= 0.6 is 23.4 Å². The quantitative estimate of drug-likeness (QED) is 0.175. The van der Waals surface area contributed by atoms with Gasteiger partial charge in [-0.25, -0.2) is 5.43 Å². The lowest BCUT2D eigenvalue weighted by atomic mass is 10.1. The van der Waals surface area contributed by atoms with Crippen LogP contribution in [0.3, 0.4) is 0 Å². The molecule has 1 heterocycles. The van der Waals surface area contributed by atoms with E-state index in [9.17, 15) is 4.79 Å². The predicted octanol–water partition coefficient (Wildman–Crippen LogP) is 4.86. The zero-order valence-electron chi connectivity index (χ0n) is 20.3. The van der Waals surface area contributed by atoms with Crippen molar-refractivity contribution in [1.82, 2.24) is 20.2 Å². The van der Waals surface area contributed by atoms with Gasteiger partial charge in [0.25, 0.3) is 5.91 Å². The number of rotatable bonds is 10. The molecule has 0 atom stereocenters. The van der Waals surface area contributed by atoms with E-state index in [1.165, 1.54) is 18.0 Å². The fourth-order valence-electron chi connectivity index (χ4n) is 3.49. The van der Waals surface area contributed by atoms with Gasteiger partial charge in [-0.1, -0.05) is 59.8 Å². The van der Waals surface area contributed by atoms with Crippen molar-refractivity contribution < 1.29 is 19.0 Å². The number of benzene rings is 3. The third-order valence-electron chi connectivity index (χ3n) is 5.20. The van der Waals surface area contributed by atoms with Crippen LogP contribution in [0.1, 0.15) is 5.56 Å². The Kier molecular flexibility index (Phi) is 8.65. The Labute approximate surface area is 223 Å². The number of nitrogens with one attached hydrogen (secondary N) is 1. The smallest absolute Gasteiger partial charge is 0.250 e. The van der Waals surface area contributed by atoms with E-state index in [0.717, 1.165) is 5.69 Å². The summed E-state index contributed by atoms with van der Waals surface area (Å²) in [6, 6.07) is 20.4. The van der Waals surface area contributed by atoms with Crippen molar-refractivity contribution in [1.29, 1.82) is 0 Å². The highest BCUT2D eigenvalue weighted by atomic mass is 35.5. The molecule has 190 valence electrons. The summed E-state index contributed by atoms with van der Waals surface area (Å²) < 4.78 is 18.3. The summed E-state index contributed by atoms with van der Waals surface area (Å²) in [5.41, 5.74) is 4.75. The van der Waals surface area contributed by atoms with E-state index in [4.69, 9.17) is 25.8 Å². The second kappa shape index (κ2) is 12.3. The van der Waals surface area contributed by atoms with Crippen molar-refractivity contribution in [2.24, 2.45) is 5.10 Å². The Morgan fingerprint density at radius 3 is 2.32 bits per heavy atom. The van der Waals surface area contributed by atoms with Crippen LogP contribution in [0.2, 0.25) is 5.02 Å². The molecule has 0 saturated heterocycles. The lowest BCUT2D eigenvalue weighted by Crippen LogP contribution is -2.20. The monoisotopic (exact) mass is 537 g/mol. The molecule has 3 aromatic carbocycles. The van der Waals surface area contributed by atoms with Gasteiger partial charge in [0.2, 0.25) is 5.75 Å². The lowest BCUT2D eigenvalue weighted by molar-refractivity contribution is -0.118. The zero-order chi connectivity index (χ0) is 26.2. The van der Waals surface area contributed by atoms with Crippen LogP contribution < -0.4 is 19.6 Å². The molecule has 0 saturated carbocycles. The lowest BCUT2D eigenvalue weighted by Gasteiger charge is -2.15. The maximum atomic E-state index is 12.5. The van der Waals surface area contributed by atoms with Crippen LogP contribution in [0.25, 0.3) is 17.1 Å². The standard InChI is InChI=1S/C26H24ClN5O4S/c1-34-21-13-18(14-22(35-2)24(21)36-3)25-30-31-26(32(25)19-10-5-4-6-11-19)37-16-23(33)29-28-15-17-9-7-8-12-20(17)27/h4-15H,16H2,1-3H3,(H,29,33)/b28-15+.